The molecule has 0 fully saturated rings. The summed E-state index contributed by atoms with van der Waals surface area (Å²) in [6.07, 6.45) is 1.98. The van der Waals surface area contributed by atoms with Gasteiger partial charge in [-0.2, -0.15) is 11.8 Å². The summed E-state index contributed by atoms with van der Waals surface area (Å²) in [6.45, 7) is 9.03. The van der Waals surface area contributed by atoms with Crippen molar-refractivity contribution in [2.24, 2.45) is 4.99 Å². The average molecular weight is 369 g/mol. The predicted octanol–water partition coefficient (Wildman–Crippen LogP) is 2.66. The molecule has 0 bridgehead atoms. The van der Waals surface area contributed by atoms with E-state index in [0.717, 1.165) is 16.9 Å². The number of amides is 1. The van der Waals surface area contributed by atoms with Gasteiger partial charge in [0.2, 0.25) is 5.91 Å². The van der Waals surface area contributed by atoms with Crippen LogP contribution >= 0.6 is 11.8 Å². The lowest BCUT2D eigenvalue weighted by Gasteiger charge is -2.21. The Balaban J connectivity index is 2.74. The number of halogens is 1. The topological polar surface area (TPSA) is 65.5 Å². The number of aliphatic imine (C=N–C) groups is 1. The van der Waals surface area contributed by atoms with Crippen LogP contribution in [0, 0.1) is 5.82 Å². The van der Waals surface area contributed by atoms with Crippen molar-refractivity contribution in [1.29, 1.82) is 0 Å². The molecule has 0 aromatic heterocycles. The lowest BCUT2D eigenvalue weighted by atomic mass is 10.1. The van der Waals surface area contributed by atoms with E-state index in [4.69, 9.17) is 0 Å². The van der Waals surface area contributed by atoms with Crippen LogP contribution in [-0.4, -0.2) is 36.8 Å². The number of hydrogen-bond donors (Lipinski definition) is 3. The fraction of sp³-hybridized carbons (Fsp3) is 0.556. The van der Waals surface area contributed by atoms with Crippen molar-refractivity contribution in [3.8, 4) is 0 Å². The Morgan fingerprint density at radius 2 is 1.96 bits per heavy atom. The summed E-state index contributed by atoms with van der Waals surface area (Å²) in [6, 6.07) is 4.77. The lowest BCUT2D eigenvalue weighted by Crippen LogP contribution is -2.48. The molecule has 5 nitrogen and oxygen atoms in total. The minimum atomic E-state index is -0.269. The number of thioether (sulfide) groups is 1. The van der Waals surface area contributed by atoms with E-state index in [1.165, 1.54) is 6.07 Å². The third kappa shape index (κ3) is 8.77. The average Bonchev–Trinajstić information content (AvgIpc) is 2.50. The second-order valence-electron chi connectivity index (χ2n) is 6.69. The maximum absolute atomic E-state index is 13.4. The van der Waals surface area contributed by atoms with Crippen LogP contribution in [0.2, 0.25) is 0 Å². The van der Waals surface area contributed by atoms with E-state index in [0.29, 0.717) is 19.0 Å². The van der Waals surface area contributed by atoms with E-state index < -0.39 is 0 Å². The van der Waals surface area contributed by atoms with Gasteiger partial charge >= 0.3 is 0 Å². The van der Waals surface area contributed by atoms with Gasteiger partial charge in [-0.25, -0.2) is 9.38 Å². The van der Waals surface area contributed by atoms with Gasteiger partial charge in [0.1, 0.15) is 5.82 Å². The molecule has 0 atom stereocenters. The number of rotatable bonds is 7. The normalized spacial score (nSPS) is 12.0. The van der Waals surface area contributed by atoms with Gasteiger partial charge in [0.15, 0.2) is 5.96 Å². The van der Waals surface area contributed by atoms with E-state index in [-0.39, 0.29) is 23.8 Å². The van der Waals surface area contributed by atoms with E-state index in [9.17, 15) is 9.18 Å². The molecular weight excluding hydrogens is 339 g/mol. The summed E-state index contributed by atoms with van der Waals surface area (Å²) in [4.78, 5) is 16.4. The second-order valence-corrected chi connectivity index (χ2v) is 7.56. The molecule has 1 rings (SSSR count). The third-order valence-corrected chi connectivity index (χ3v) is 3.75. The maximum Gasteiger partial charge on any atom is 0.239 e. The number of hydrogen-bond acceptors (Lipinski definition) is 3. The molecule has 0 saturated carbocycles. The zero-order chi connectivity index (χ0) is 18.9. The second kappa shape index (κ2) is 10.3. The Morgan fingerprint density at radius 1 is 1.24 bits per heavy atom. The molecule has 3 N–H and O–H groups in total. The summed E-state index contributed by atoms with van der Waals surface area (Å²) in [7, 11) is 0. The van der Waals surface area contributed by atoms with Crippen molar-refractivity contribution in [3.05, 3.63) is 35.1 Å². The highest BCUT2D eigenvalue weighted by molar-refractivity contribution is 7.97. The number of carbonyl (C=O) groups is 1. The molecule has 0 spiro atoms. The van der Waals surface area contributed by atoms with Crippen molar-refractivity contribution in [3.63, 3.8) is 0 Å². The largest absolute Gasteiger partial charge is 0.357 e. The quantitative estimate of drug-likeness (QED) is 0.511. The first kappa shape index (κ1) is 21.3. The first-order valence-corrected chi connectivity index (χ1v) is 9.74. The first-order chi connectivity index (χ1) is 11.7. The van der Waals surface area contributed by atoms with Crippen molar-refractivity contribution in [2.75, 3.05) is 19.3 Å². The van der Waals surface area contributed by atoms with Gasteiger partial charge in [-0.05, 0) is 57.2 Å². The van der Waals surface area contributed by atoms with Crippen molar-refractivity contribution >= 4 is 23.6 Å². The number of nitrogens with zero attached hydrogens (tertiary/aromatic N) is 1. The summed E-state index contributed by atoms with van der Waals surface area (Å²) in [5.41, 5.74) is 1.65. The SMILES string of the molecule is CCNC(=NCc1ccc(F)cc1CSC)NCC(=O)NC(C)(C)C. The fourth-order valence-electron chi connectivity index (χ4n) is 2.17. The Labute approximate surface area is 154 Å². The van der Waals surface area contributed by atoms with Gasteiger partial charge in [-0.1, -0.05) is 6.07 Å². The monoisotopic (exact) mass is 368 g/mol. The molecule has 7 heteroatoms. The zero-order valence-corrected chi connectivity index (χ0v) is 16.5. The Bertz CT molecular complexity index is 599. The van der Waals surface area contributed by atoms with Gasteiger partial charge in [-0.15, -0.1) is 0 Å². The van der Waals surface area contributed by atoms with Crippen molar-refractivity contribution in [2.45, 2.75) is 45.5 Å². The van der Waals surface area contributed by atoms with Gasteiger partial charge < -0.3 is 16.0 Å². The van der Waals surface area contributed by atoms with E-state index in [2.05, 4.69) is 20.9 Å². The molecule has 0 unspecified atom stereocenters. The maximum atomic E-state index is 13.4. The van der Waals surface area contributed by atoms with E-state index in [1.807, 2.05) is 34.0 Å². The minimum absolute atomic E-state index is 0.0945. The molecule has 1 amide bonds. The van der Waals surface area contributed by atoms with Crippen LogP contribution in [0.15, 0.2) is 23.2 Å². The van der Waals surface area contributed by atoms with Crippen LogP contribution in [0.25, 0.3) is 0 Å². The molecule has 1 aromatic carbocycles. The number of nitrogens with one attached hydrogen (secondary N) is 3. The van der Waals surface area contributed by atoms with Crippen molar-refractivity contribution in [1.82, 2.24) is 16.0 Å². The number of guanidine groups is 1. The van der Waals surface area contributed by atoms with Gasteiger partial charge in [0, 0.05) is 17.8 Å². The summed E-state index contributed by atoms with van der Waals surface area (Å²) in [5.74, 6) is 0.968. The molecule has 25 heavy (non-hydrogen) atoms. The van der Waals surface area contributed by atoms with Crippen LogP contribution in [0.4, 0.5) is 4.39 Å². The smallest absolute Gasteiger partial charge is 0.239 e. The van der Waals surface area contributed by atoms with Gasteiger partial charge in [0.05, 0.1) is 13.1 Å². The highest BCUT2D eigenvalue weighted by atomic mass is 32.2. The van der Waals surface area contributed by atoms with Crippen LogP contribution in [-0.2, 0) is 17.1 Å². The Morgan fingerprint density at radius 3 is 2.56 bits per heavy atom. The highest BCUT2D eigenvalue weighted by Gasteiger charge is 2.13. The van der Waals surface area contributed by atoms with Gasteiger partial charge in [-0.3, -0.25) is 4.79 Å². The van der Waals surface area contributed by atoms with E-state index in [1.54, 1.807) is 23.9 Å². The van der Waals surface area contributed by atoms with Crippen LogP contribution in [0.5, 0.6) is 0 Å². The summed E-state index contributed by atoms with van der Waals surface area (Å²) >= 11 is 1.64. The number of benzene rings is 1. The fourth-order valence-corrected chi connectivity index (χ4v) is 2.75. The van der Waals surface area contributed by atoms with Crippen LogP contribution < -0.4 is 16.0 Å². The van der Waals surface area contributed by atoms with Crippen molar-refractivity contribution < 1.29 is 9.18 Å². The molecule has 0 saturated heterocycles. The minimum Gasteiger partial charge on any atom is -0.357 e. The Hall–Kier alpha value is -1.76. The van der Waals surface area contributed by atoms with E-state index >= 15 is 0 Å². The summed E-state index contributed by atoms with van der Waals surface area (Å²) in [5, 5.41) is 9.03. The molecule has 140 valence electrons. The summed E-state index contributed by atoms with van der Waals surface area (Å²) < 4.78 is 13.4. The molecular formula is C18H29FN4OS. The zero-order valence-electron chi connectivity index (χ0n) is 15.7. The first-order valence-electron chi connectivity index (χ1n) is 8.34. The highest BCUT2D eigenvalue weighted by Crippen LogP contribution is 2.17. The molecule has 0 aliphatic rings. The molecule has 0 radical (unpaired) electrons. The molecule has 0 heterocycles. The predicted molar refractivity (Wildman–Crippen MR) is 104 cm³/mol. The molecule has 0 aliphatic heterocycles. The standard InChI is InChI=1S/C18H29FN4OS/c1-6-20-17(22-11-16(24)23-18(2,3)4)21-10-13-7-8-15(19)9-14(13)12-25-5/h7-9H,6,10-12H2,1-5H3,(H,23,24)(H2,20,21,22). The molecule has 0 aliphatic carbocycles. The number of carbonyl (C=O) groups excluding carboxylic acids is 1. The van der Waals surface area contributed by atoms with Crippen LogP contribution in [0.1, 0.15) is 38.8 Å². The third-order valence-electron chi connectivity index (χ3n) is 3.15. The Kier molecular flexibility index (Phi) is 8.75. The lowest BCUT2D eigenvalue weighted by molar-refractivity contribution is -0.121. The molecule has 1 aromatic rings. The van der Waals surface area contributed by atoms with Crippen LogP contribution in [0.3, 0.4) is 0 Å². The van der Waals surface area contributed by atoms with Gasteiger partial charge in [0.25, 0.3) is 0 Å².